The number of ether oxygens (including phenoxy) is 1. The molecule has 19 heavy (non-hydrogen) atoms. The van der Waals surface area contributed by atoms with Gasteiger partial charge in [-0.05, 0) is 30.4 Å². The van der Waals surface area contributed by atoms with Crippen molar-refractivity contribution in [2.75, 3.05) is 18.9 Å². The van der Waals surface area contributed by atoms with Crippen molar-refractivity contribution in [2.45, 2.75) is 26.7 Å². The largest absolute Gasteiger partial charge is 0.494 e. The molecule has 0 spiro atoms. The van der Waals surface area contributed by atoms with Crippen LogP contribution in [0.15, 0.2) is 18.2 Å². The SMILES string of the molecule is COc1cccc(CC(CCl)(CCl)CC(C)C)c1F. The summed E-state index contributed by atoms with van der Waals surface area (Å²) in [6, 6.07) is 5.18. The molecule has 0 saturated carbocycles. The van der Waals surface area contributed by atoms with Crippen LogP contribution in [0.4, 0.5) is 4.39 Å². The Morgan fingerprint density at radius 3 is 2.37 bits per heavy atom. The van der Waals surface area contributed by atoms with E-state index in [-0.39, 0.29) is 17.0 Å². The van der Waals surface area contributed by atoms with Crippen molar-refractivity contribution in [3.05, 3.63) is 29.6 Å². The molecule has 108 valence electrons. The lowest BCUT2D eigenvalue weighted by Crippen LogP contribution is -2.30. The summed E-state index contributed by atoms with van der Waals surface area (Å²) in [7, 11) is 1.46. The van der Waals surface area contributed by atoms with Crippen molar-refractivity contribution >= 4 is 23.2 Å². The first kappa shape index (κ1) is 16.6. The Labute approximate surface area is 125 Å². The van der Waals surface area contributed by atoms with Crippen molar-refractivity contribution in [2.24, 2.45) is 11.3 Å². The van der Waals surface area contributed by atoms with Gasteiger partial charge in [0, 0.05) is 17.2 Å². The molecule has 0 aliphatic rings. The number of halogens is 3. The highest BCUT2D eigenvalue weighted by atomic mass is 35.5. The van der Waals surface area contributed by atoms with E-state index in [9.17, 15) is 4.39 Å². The standard InChI is InChI=1S/C15H21Cl2FO/c1-11(2)7-15(9-16,10-17)8-12-5-4-6-13(19-3)14(12)18/h4-6,11H,7-10H2,1-3H3. The second-order valence-electron chi connectivity index (χ2n) is 5.48. The monoisotopic (exact) mass is 306 g/mol. The second kappa shape index (κ2) is 7.35. The number of benzene rings is 1. The highest BCUT2D eigenvalue weighted by molar-refractivity contribution is 6.21. The van der Waals surface area contributed by atoms with Gasteiger partial charge in [0.25, 0.3) is 0 Å². The zero-order valence-corrected chi connectivity index (χ0v) is 13.2. The van der Waals surface area contributed by atoms with Crippen molar-refractivity contribution < 1.29 is 9.13 Å². The highest BCUT2D eigenvalue weighted by Crippen LogP contribution is 2.35. The lowest BCUT2D eigenvalue weighted by molar-refractivity contribution is 0.290. The van der Waals surface area contributed by atoms with Crippen LogP contribution >= 0.6 is 23.2 Å². The number of alkyl halides is 2. The molecule has 1 aromatic carbocycles. The molecule has 0 bridgehead atoms. The van der Waals surface area contributed by atoms with E-state index in [0.29, 0.717) is 29.7 Å². The summed E-state index contributed by atoms with van der Waals surface area (Å²) in [5.74, 6) is 1.26. The van der Waals surface area contributed by atoms with Crippen LogP contribution < -0.4 is 4.74 Å². The van der Waals surface area contributed by atoms with Gasteiger partial charge in [0.1, 0.15) is 0 Å². The normalized spacial score (nSPS) is 11.9. The van der Waals surface area contributed by atoms with Gasteiger partial charge < -0.3 is 4.74 Å². The van der Waals surface area contributed by atoms with Gasteiger partial charge in [-0.25, -0.2) is 4.39 Å². The van der Waals surface area contributed by atoms with Crippen molar-refractivity contribution in [3.63, 3.8) is 0 Å². The van der Waals surface area contributed by atoms with E-state index in [4.69, 9.17) is 27.9 Å². The third-order valence-electron chi connectivity index (χ3n) is 3.24. The predicted octanol–water partition coefficient (Wildman–Crippen LogP) is 4.89. The second-order valence-corrected chi connectivity index (χ2v) is 6.01. The van der Waals surface area contributed by atoms with E-state index in [0.717, 1.165) is 6.42 Å². The van der Waals surface area contributed by atoms with Gasteiger partial charge in [-0.15, -0.1) is 23.2 Å². The number of hydrogen-bond acceptors (Lipinski definition) is 1. The average Bonchev–Trinajstić information content (AvgIpc) is 2.39. The molecule has 0 aliphatic carbocycles. The van der Waals surface area contributed by atoms with Crippen LogP contribution in [0.25, 0.3) is 0 Å². The Kier molecular flexibility index (Phi) is 6.41. The van der Waals surface area contributed by atoms with Gasteiger partial charge in [0.2, 0.25) is 0 Å². The first-order chi connectivity index (χ1) is 8.98. The topological polar surface area (TPSA) is 9.23 Å². The minimum Gasteiger partial charge on any atom is -0.494 e. The summed E-state index contributed by atoms with van der Waals surface area (Å²) in [6.45, 7) is 4.24. The fourth-order valence-electron chi connectivity index (χ4n) is 2.43. The van der Waals surface area contributed by atoms with E-state index in [1.165, 1.54) is 7.11 Å². The quantitative estimate of drug-likeness (QED) is 0.652. The molecule has 0 aromatic heterocycles. The first-order valence-corrected chi connectivity index (χ1v) is 7.48. The maximum Gasteiger partial charge on any atom is 0.168 e. The minimum absolute atomic E-state index is 0.264. The van der Waals surface area contributed by atoms with Crippen molar-refractivity contribution in [3.8, 4) is 5.75 Å². The summed E-state index contributed by atoms with van der Waals surface area (Å²) in [6.07, 6.45) is 1.40. The van der Waals surface area contributed by atoms with Crippen LogP contribution in [0.1, 0.15) is 25.8 Å². The van der Waals surface area contributed by atoms with E-state index >= 15 is 0 Å². The number of hydrogen-bond donors (Lipinski definition) is 0. The van der Waals surface area contributed by atoms with Crippen LogP contribution in [-0.4, -0.2) is 18.9 Å². The molecule has 0 N–H and O–H groups in total. The fraction of sp³-hybridized carbons (Fsp3) is 0.600. The van der Waals surface area contributed by atoms with Crippen LogP contribution in [-0.2, 0) is 6.42 Å². The molecular formula is C15H21Cl2FO. The molecule has 1 nitrogen and oxygen atoms in total. The molecule has 0 fully saturated rings. The molecule has 0 atom stereocenters. The molecule has 0 amide bonds. The molecule has 1 aromatic rings. The van der Waals surface area contributed by atoms with Crippen molar-refractivity contribution in [1.29, 1.82) is 0 Å². The molecule has 0 unspecified atom stereocenters. The van der Waals surface area contributed by atoms with Gasteiger partial charge in [-0.2, -0.15) is 0 Å². The third-order valence-corrected chi connectivity index (χ3v) is 4.37. The van der Waals surface area contributed by atoms with E-state index < -0.39 is 0 Å². The van der Waals surface area contributed by atoms with Gasteiger partial charge >= 0.3 is 0 Å². The average molecular weight is 307 g/mol. The molecule has 0 radical (unpaired) electrons. The summed E-state index contributed by atoms with van der Waals surface area (Å²) in [5.41, 5.74) is 0.339. The fourth-order valence-corrected chi connectivity index (χ4v) is 3.12. The smallest absolute Gasteiger partial charge is 0.168 e. The molecule has 0 heterocycles. The van der Waals surface area contributed by atoms with E-state index in [1.807, 2.05) is 0 Å². The molecule has 0 aliphatic heterocycles. The predicted molar refractivity (Wildman–Crippen MR) is 80.0 cm³/mol. The lowest BCUT2D eigenvalue weighted by Gasteiger charge is -2.31. The lowest BCUT2D eigenvalue weighted by atomic mass is 9.78. The maximum absolute atomic E-state index is 14.2. The molecule has 1 rings (SSSR count). The van der Waals surface area contributed by atoms with Gasteiger partial charge in [-0.1, -0.05) is 26.0 Å². The Morgan fingerprint density at radius 2 is 1.89 bits per heavy atom. The van der Waals surface area contributed by atoms with Crippen LogP contribution in [0.2, 0.25) is 0 Å². The minimum atomic E-state index is -0.312. The summed E-state index contributed by atoms with van der Waals surface area (Å²) in [5, 5.41) is 0. The zero-order valence-electron chi connectivity index (χ0n) is 11.7. The van der Waals surface area contributed by atoms with E-state index in [1.54, 1.807) is 18.2 Å². The third kappa shape index (κ3) is 4.25. The zero-order chi connectivity index (χ0) is 14.5. The highest BCUT2D eigenvalue weighted by Gasteiger charge is 2.31. The van der Waals surface area contributed by atoms with Crippen LogP contribution in [0.3, 0.4) is 0 Å². The molecular weight excluding hydrogens is 286 g/mol. The molecule has 0 saturated heterocycles. The summed E-state index contributed by atoms with van der Waals surface area (Å²) >= 11 is 12.2. The first-order valence-electron chi connectivity index (χ1n) is 6.41. The number of methoxy groups -OCH3 is 1. The molecule has 4 heteroatoms. The van der Waals surface area contributed by atoms with Crippen molar-refractivity contribution in [1.82, 2.24) is 0 Å². The van der Waals surface area contributed by atoms with E-state index in [2.05, 4.69) is 13.8 Å². The Bertz CT molecular complexity index is 403. The summed E-state index contributed by atoms with van der Waals surface area (Å²) < 4.78 is 19.2. The Hall–Kier alpha value is -0.470. The summed E-state index contributed by atoms with van der Waals surface area (Å²) in [4.78, 5) is 0. The van der Waals surface area contributed by atoms with Gasteiger partial charge in [0.15, 0.2) is 11.6 Å². The van der Waals surface area contributed by atoms with Gasteiger partial charge in [0.05, 0.1) is 7.11 Å². The maximum atomic E-state index is 14.2. The Balaban J connectivity index is 3.03. The van der Waals surface area contributed by atoms with Crippen LogP contribution in [0.5, 0.6) is 5.75 Å². The number of rotatable bonds is 7. The van der Waals surface area contributed by atoms with Gasteiger partial charge in [-0.3, -0.25) is 0 Å². The van der Waals surface area contributed by atoms with Crippen LogP contribution in [0, 0.1) is 17.2 Å². The Morgan fingerprint density at radius 1 is 1.26 bits per heavy atom.